The molecule has 1 aromatic heterocycles. The van der Waals surface area contributed by atoms with Crippen molar-refractivity contribution in [1.82, 2.24) is 15.3 Å². The van der Waals surface area contributed by atoms with Gasteiger partial charge >= 0.3 is 0 Å². The van der Waals surface area contributed by atoms with E-state index in [9.17, 15) is 9.59 Å². The SMILES string of the molecule is CCC1CC(=O)N(C(NC(=O)c2ccccn2)c2ccc(C)cc2)N=C1c1ccc(OC)c(OC)c1. The average Bonchev–Trinajstić information content (AvgIpc) is 2.92. The summed E-state index contributed by atoms with van der Waals surface area (Å²) in [5, 5.41) is 9.18. The molecule has 8 heteroatoms. The molecule has 8 nitrogen and oxygen atoms in total. The third kappa shape index (κ3) is 5.22. The third-order valence-corrected chi connectivity index (χ3v) is 6.25. The smallest absolute Gasteiger partial charge is 0.271 e. The first-order valence-corrected chi connectivity index (χ1v) is 11.9. The Kier molecular flexibility index (Phi) is 7.63. The predicted molar refractivity (Wildman–Crippen MR) is 137 cm³/mol. The third-order valence-electron chi connectivity index (χ3n) is 6.25. The molecule has 1 aliphatic heterocycles. The maximum absolute atomic E-state index is 13.4. The second-order valence-corrected chi connectivity index (χ2v) is 8.60. The molecule has 0 saturated carbocycles. The summed E-state index contributed by atoms with van der Waals surface area (Å²) in [6.07, 6.45) is 1.76. The summed E-state index contributed by atoms with van der Waals surface area (Å²) in [5.41, 5.74) is 3.65. The van der Waals surface area contributed by atoms with Gasteiger partial charge in [-0.3, -0.25) is 14.6 Å². The van der Waals surface area contributed by atoms with Crippen molar-refractivity contribution in [3.8, 4) is 11.5 Å². The fourth-order valence-electron chi connectivity index (χ4n) is 4.21. The number of benzene rings is 2. The van der Waals surface area contributed by atoms with Gasteiger partial charge in [0.05, 0.1) is 19.9 Å². The summed E-state index contributed by atoms with van der Waals surface area (Å²) >= 11 is 0. The van der Waals surface area contributed by atoms with E-state index < -0.39 is 12.1 Å². The fraction of sp³-hybridized carbons (Fsp3) is 0.286. The lowest BCUT2D eigenvalue weighted by Gasteiger charge is -2.35. The highest BCUT2D eigenvalue weighted by Crippen LogP contribution is 2.33. The summed E-state index contributed by atoms with van der Waals surface area (Å²) < 4.78 is 10.9. The average molecular weight is 487 g/mol. The van der Waals surface area contributed by atoms with Gasteiger partial charge in [0.25, 0.3) is 5.91 Å². The Morgan fingerprint density at radius 2 is 1.83 bits per heavy atom. The van der Waals surface area contributed by atoms with Gasteiger partial charge in [-0.1, -0.05) is 42.8 Å². The molecule has 4 rings (SSSR count). The Bertz CT molecular complexity index is 1260. The lowest BCUT2D eigenvalue weighted by molar-refractivity contribution is -0.135. The summed E-state index contributed by atoms with van der Waals surface area (Å²) in [4.78, 5) is 30.6. The van der Waals surface area contributed by atoms with Gasteiger partial charge in [-0.05, 0) is 49.2 Å². The van der Waals surface area contributed by atoms with Crippen LogP contribution in [0.2, 0.25) is 0 Å². The number of hydrogen-bond donors (Lipinski definition) is 1. The zero-order chi connectivity index (χ0) is 25.7. The van der Waals surface area contributed by atoms with Crippen molar-refractivity contribution in [1.29, 1.82) is 0 Å². The molecule has 186 valence electrons. The number of pyridine rings is 1. The maximum Gasteiger partial charge on any atom is 0.271 e. The largest absolute Gasteiger partial charge is 0.493 e. The Hall–Kier alpha value is -4.20. The van der Waals surface area contributed by atoms with Gasteiger partial charge in [0.15, 0.2) is 17.7 Å². The molecular formula is C28H30N4O4. The van der Waals surface area contributed by atoms with E-state index in [1.54, 1.807) is 38.6 Å². The topological polar surface area (TPSA) is 93.1 Å². The minimum atomic E-state index is -0.805. The lowest BCUT2D eigenvalue weighted by atomic mass is 9.89. The van der Waals surface area contributed by atoms with Crippen LogP contribution < -0.4 is 14.8 Å². The Morgan fingerprint density at radius 1 is 1.08 bits per heavy atom. The van der Waals surface area contributed by atoms with E-state index in [1.165, 1.54) is 5.01 Å². The number of nitrogens with zero attached hydrogens (tertiary/aromatic N) is 3. The number of hydrogen-bond acceptors (Lipinski definition) is 6. The molecule has 0 aliphatic carbocycles. The molecule has 1 N–H and O–H groups in total. The number of nitrogens with one attached hydrogen (secondary N) is 1. The van der Waals surface area contributed by atoms with Crippen LogP contribution in [0, 0.1) is 12.8 Å². The van der Waals surface area contributed by atoms with Crippen LogP contribution in [0.4, 0.5) is 0 Å². The molecule has 0 bridgehead atoms. The highest BCUT2D eigenvalue weighted by molar-refractivity contribution is 6.06. The molecule has 2 atom stereocenters. The first-order chi connectivity index (χ1) is 17.4. The molecule has 0 spiro atoms. The van der Waals surface area contributed by atoms with E-state index >= 15 is 0 Å². The number of amides is 2. The normalized spacial score (nSPS) is 16.2. The summed E-state index contributed by atoms with van der Waals surface area (Å²) in [6, 6.07) is 18.4. The first kappa shape index (κ1) is 24.9. The van der Waals surface area contributed by atoms with Gasteiger partial charge in [-0.25, -0.2) is 5.01 Å². The van der Waals surface area contributed by atoms with Crippen LogP contribution in [0.15, 0.2) is 72.0 Å². The van der Waals surface area contributed by atoms with Crippen molar-refractivity contribution in [2.24, 2.45) is 11.0 Å². The molecule has 2 unspecified atom stereocenters. The van der Waals surface area contributed by atoms with Gasteiger partial charge in [-0.15, -0.1) is 0 Å². The standard InChI is InChI=1S/C28H30N4O4/c1-5-19-17-25(33)32(31-26(19)21-13-14-23(35-3)24(16-21)36-4)27(20-11-9-18(2)10-12-20)30-28(34)22-8-6-7-15-29-22/h6-16,19,27H,5,17H2,1-4H3,(H,30,34). The predicted octanol–water partition coefficient (Wildman–Crippen LogP) is 4.50. The fourth-order valence-corrected chi connectivity index (χ4v) is 4.21. The van der Waals surface area contributed by atoms with Crippen molar-refractivity contribution in [3.05, 3.63) is 89.2 Å². The van der Waals surface area contributed by atoms with E-state index in [0.29, 0.717) is 11.5 Å². The minimum absolute atomic E-state index is 0.0722. The first-order valence-electron chi connectivity index (χ1n) is 11.9. The molecular weight excluding hydrogens is 456 g/mol. The zero-order valence-corrected chi connectivity index (χ0v) is 20.9. The van der Waals surface area contributed by atoms with E-state index in [2.05, 4.69) is 10.3 Å². The molecule has 2 heterocycles. The quantitative estimate of drug-likeness (QED) is 0.506. The van der Waals surface area contributed by atoms with Crippen molar-refractivity contribution in [2.75, 3.05) is 14.2 Å². The number of ether oxygens (including phenoxy) is 2. The number of rotatable bonds is 8. The molecule has 1 aliphatic rings. The van der Waals surface area contributed by atoms with Gasteiger partial charge in [0.1, 0.15) is 5.69 Å². The van der Waals surface area contributed by atoms with Crippen molar-refractivity contribution in [2.45, 2.75) is 32.9 Å². The van der Waals surface area contributed by atoms with Crippen molar-refractivity contribution >= 4 is 17.5 Å². The second-order valence-electron chi connectivity index (χ2n) is 8.60. The monoisotopic (exact) mass is 486 g/mol. The van der Waals surface area contributed by atoms with E-state index in [1.807, 2.05) is 56.3 Å². The molecule has 0 radical (unpaired) electrons. The van der Waals surface area contributed by atoms with Crippen LogP contribution >= 0.6 is 0 Å². The number of carbonyl (C=O) groups excluding carboxylic acids is 2. The van der Waals surface area contributed by atoms with Crippen LogP contribution in [-0.4, -0.2) is 41.7 Å². The number of methoxy groups -OCH3 is 2. The highest BCUT2D eigenvalue weighted by Gasteiger charge is 2.35. The van der Waals surface area contributed by atoms with Crippen LogP contribution in [-0.2, 0) is 4.79 Å². The Labute approximate surface area is 210 Å². The van der Waals surface area contributed by atoms with E-state index in [-0.39, 0.29) is 23.9 Å². The maximum atomic E-state index is 13.4. The summed E-state index contributed by atoms with van der Waals surface area (Å²) in [7, 11) is 3.17. The molecule has 36 heavy (non-hydrogen) atoms. The van der Waals surface area contributed by atoms with Crippen LogP contribution in [0.5, 0.6) is 11.5 Å². The van der Waals surface area contributed by atoms with Gasteiger partial charge < -0.3 is 14.8 Å². The summed E-state index contributed by atoms with van der Waals surface area (Å²) in [5.74, 6) is 0.553. The second kappa shape index (κ2) is 11.0. The molecule has 3 aromatic rings. The molecule has 0 saturated heterocycles. The summed E-state index contributed by atoms with van der Waals surface area (Å²) in [6.45, 7) is 4.01. The van der Waals surface area contributed by atoms with E-state index in [4.69, 9.17) is 14.6 Å². The number of carbonyl (C=O) groups is 2. The van der Waals surface area contributed by atoms with Crippen molar-refractivity contribution < 1.29 is 19.1 Å². The highest BCUT2D eigenvalue weighted by atomic mass is 16.5. The van der Waals surface area contributed by atoms with Gasteiger partial charge in [0, 0.05) is 24.1 Å². The Balaban J connectivity index is 1.78. The van der Waals surface area contributed by atoms with Crippen LogP contribution in [0.1, 0.15) is 53.1 Å². The van der Waals surface area contributed by atoms with E-state index in [0.717, 1.165) is 28.8 Å². The minimum Gasteiger partial charge on any atom is -0.493 e. The van der Waals surface area contributed by atoms with Gasteiger partial charge in [-0.2, -0.15) is 5.10 Å². The van der Waals surface area contributed by atoms with Crippen LogP contribution in [0.25, 0.3) is 0 Å². The number of aromatic nitrogens is 1. The molecule has 2 amide bonds. The lowest BCUT2D eigenvalue weighted by Crippen LogP contribution is -2.46. The van der Waals surface area contributed by atoms with Gasteiger partial charge in [0.2, 0.25) is 5.91 Å². The Morgan fingerprint density at radius 3 is 2.47 bits per heavy atom. The molecule has 0 fully saturated rings. The van der Waals surface area contributed by atoms with Crippen molar-refractivity contribution in [3.63, 3.8) is 0 Å². The number of hydrazone groups is 1. The molecule has 2 aromatic carbocycles. The van der Waals surface area contributed by atoms with Crippen LogP contribution in [0.3, 0.4) is 0 Å². The zero-order valence-electron chi connectivity index (χ0n) is 20.9. The number of aryl methyl sites for hydroxylation is 1.